The first-order valence-electron chi connectivity index (χ1n) is 7.31. The van der Waals surface area contributed by atoms with Crippen LogP contribution in [0.5, 0.6) is 5.75 Å². The third kappa shape index (κ3) is 4.76. The average molecular weight is 304 g/mol. The minimum Gasteiger partial charge on any atom is -0.497 e. The summed E-state index contributed by atoms with van der Waals surface area (Å²) < 4.78 is 5.26. The molecule has 2 aromatic carbocycles. The van der Waals surface area contributed by atoms with Gasteiger partial charge in [0.15, 0.2) is 0 Å². The Morgan fingerprint density at radius 2 is 1.95 bits per heavy atom. The Kier molecular flexibility index (Phi) is 6.09. The molecule has 2 rings (SSSR count). The summed E-state index contributed by atoms with van der Waals surface area (Å²) in [6.07, 6.45) is 2.07. The summed E-state index contributed by atoms with van der Waals surface area (Å²) in [7, 11) is 1.70. The number of rotatable bonds is 7. The van der Waals surface area contributed by atoms with E-state index in [9.17, 15) is 0 Å². The maximum absolute atomic E-state index is 6.16. The normalized spacial score (nSPS) is 12.1. The molecule has 0 saturated heterocycles. The smallest absolute Gasteiger partial charge is 0.119 e. The highest BCUT2D eigenvalue weighted by Gasteiger charge is 2.06. The van der Waals surface area contributed by atoms with Crippen LogP contribution in [0.4, 0.5) is 0 Å². The van der Waals surface area contributed by atoms with E-state index in [1.165, 1.54) is 11.1 Å². The van der Waals surface area contributed by atoms with Crippen molar-refractivity contribution in [2.24, 2.45) is 0 Å². The third-order valence-electron chi connectivity index (χ3n) is 3.63. The first kappa shape index (κ1) is 15.9. The second-order valence-electron chi connectivity index (χ2n) is 5.15. The predicted molar refractivity (Wildman–Crippen MR) is 89.2 cm³/mol. The van der Waals surface area contributed by atoms with Crippen LogP contribution in [0.25, 0.3) is 0 Å². The number of nitrogens with one attached hydrogen (secondary N) is 1. The molecule has 1 N–H and O–H groups in total. The third-order valence-corrected chi connectivity index (χ3v) is 3.99. The first-order valence-corrected chi connectivity index (χ1v) is 7.69. The van der Waals surface area contributed by atoms with E-state index in [0.29, 0.717) is 6.04 Å². The van der Waals surface area contributed by atoms with Crippen LogP contribution in [0.15, 0.2) is 48.5 Å². The largest absolute Gasteiger partial charge is 0.497 e. The van der Waals surface area contributed by atoms with Gasteiger partial charge in [-0.25, -0.2) is 0 Å². The van der Waals surface area contributed by atoms with Crippen molar-refractivity contribution in [2.45, 2.75) is 25.8 Å². The number of hydrogen-bond donors (Lipinski definition) is 1. The molecule has 0 spiro atoms. The predicted octanol–water partition coefficient (Wildman–Crippen LogP) is 4.63. The van der Waals surface area contributed by atoms with Gasteiger partial charge in [0, 0.05) is 11.1 Å². The van der Waals surface area contributed by atoms with E-state index >= 15 is 0 Å². The molecule has 0 bridgehead atoms. The molecular weight excluding hydrogens is 282 g/mol. The Bertz CT molecular complexity index is 571. The second-order valence-corrected chi connectivity index (χ2v) is 5.55. The van der Waals surface area contributed by atoms with Crippen LogP contribution in [0, 0.1) is 0 Å². The summed E-state index contributed by atoms with van der Waals surface area (Å²) in [5.74, 6) is 0.900. The highest BCUT2D eigenvalue weighted by molar-refractivity contribution is 6.31. The van der Waals surface area contributed by atoms with Crippen molar-refractivity contribution in [3.63, 3.8) is 0 Å². The molecular formula is C18H22ClNO. The van der Waals surface area contributed by atoms with Crippen molar-refractivity contribution in [3.8, 4) is 5.75 Å². The molecule has 0 aromatic heterocycles. The molecule has 0 aliphatic rings. The van der Waals surface area contributed by atoms with Gasteiger partial charge in [0.25, 0.3) is 0 Å². The van der Waals surface area contributed by atoms with Gasteiger partial charge in [-0.05, 0) is 55.6 Å². The average Bonchev–Trinajstić information content (AvgIpc) is 2.53. The van der Waals surface area contributed by atoms with Crippen molar-refractivity contribution >= 4 is 11.6 Å². The van der Waals surface area contributed by atoms with E-state index in [1.807, 2.05) is 30.3 Å². The number of hydrogen-bond acceptors (Lipinski definition) is 2. The maximum atomic E-state index is 6.16. The maximum Gasteiger partial charge on any atom is 0.119 e. The summed E-state index contributed by atoms with van der Waals surface area (Å²) in [6, 6.07) is 16.5. The van der Waals surface area contributed by atoms with Crippen molar-refractivity contribution in [1.29, 1.82) is 0 Å². The van der Waals surface area contributed by atoms with Crippen LogP contribution in [-0.2, 0) is 6.42 Å². The Morgan fingerprint density at radius 3 is 2.71 bits per heavy atom. The second kappa shape index (κ2) is 8.06. The van der Waals surface area contributed by atoms with Crippen LogP contribution in [-0.4, -0.2) is 13.7 Å². The molecule has 3 heteroatoms. The van der Waals surface area contributed by atoms with Gasteiger partial charge in [0.2, 0.25) is 0 Å². The zero-order chi connectivity index (χ0) is 15.1. The van der Waals surface area contributed by atoms with E-state index in [-0.39, 0.29) is 0 Å². The molecule has 0 aliphatic heterocycles. The summed E-state index contributed by atoms with van der Waals surface area (Å²) in [5, 5.41) is 4.40. The minimum absolute atomic E-state index is 0.311. The SMILES string of the molecule is COc1cccc([C@H](C)NCCCc2ccccc2Cl)c1. The quantitative estimate of drug-likeness (QED) is 0.753. The van der Waals surface area contributed by atoms with Crippen LogP contribution in [0.3, 0.4) is 0 Å². The van der Waals surface area contributed by atoms with E-state index in [2.05, 4.69) is 30.4 Å². The Balaban J connectivity index is 1.79. The van der Waals surface area contributed by atoms with Gasteiger partial charge in [0.05, 0.1) is 7.11 Å². The molecule has 2 nitrogen and oxygen atoms in total. The lowest BCUT2D eigenvalue weighted by Gasteiger charge is -2.15. The van der Waals surface area contributed by atoms with Gasteiger partial charge in [0.1, 0.15) is 5.75 Å². The van der Waals surface area contributed by atoms with E-state index < -0.39 is 0 Å². The molecule has 112 valence electrons. The summed E-state index contributed by atoms with van der Waals surface area (Å²) >= 11 is 6.16. The van der Waals surface area contributed by atoms with Gasteiger partial charge in [-0.1, -0.05) is 41.9 Å². The number of aryl methyl sites for hydroxylation is 1. The van der Waals surface area contributed by atoms with Crippen molar-refractivity contribution in [3.05, 3.63) is 64.7 Å². The zero-order valence-electron chi connectivity index (χ0n) is 12.6. The topological polar surface area (TPSA) is 21.3 Å². The summed E-state index contributed by atoms with van der Waals surface area (Å²) in [4.78, 5) is 0. The van der Waals surface area contributed by atoms with E-state index in [1.54, 1.807) is 7.11 Å². The Labute approximate surface area is 132 Å². The molecule has 0 saturated carbocycles. The molecule has 0 radical (unpaired) electrons. The van der Waals surface area contributed by atoms with Gasteiger partial charge >= 0.3 is 0 Å². The standard InChI is InChI=1S/C18H22ClNO/c1-14(16-8-5-10-17(13-16)21-2)20-12-6-9-15-7-3-4-11-18(15)19/h3-5,7-8,10-11,13-14,20H,6,9,12H2,1-2H3/t14-/m0/s1. The fraction of sp³-hybridized carbons (Fsp3) is 0.333. The van der Waals surface area contributed by atoms with Crippen LogP contribution in [0.2, 0.25) is 5.02 Å². The number of ether oxygens (including phenoxy) is 1. The number of benzene rings is 2. The number of methoxy groups -OCH3 is 1. The van der Waals surface area contributed by atoms with Crippen molar-refractivity contribution in [1.82, 2.24) is 5.32 Å². The number of halogens is 1. The first-order chi connectivity index (χ1) is 10.2. The van der Waals surface area contributed by atoms with Crippen LogP contribution < -0.4 is 10.1 Å². The Morgan fingerprint density at radius 1 is 1.14 bits per heavy atom. The van der Waals surface area contributed by atoms with Gasteiger partial charge < -0.3 is 10.1 Å². The summed E-state index contributed by atoms with van der Waals surface area (Å²) in [6.45, 7) is 3.13. The monoisotopic (exact) mass is 303 g/mol. The molecule has 1 atom stereocenters. The molecule has 2 aromatic rings. The fourth-order valence-electron chi connectivity index (χ4n) is 2.33. The van der Waals surface area contributed by atoms with Crippen LogP contribution in [0.1, 0.15) is 30.5 Å². The molecule has 0 fully saturated rings. The Hall–Kier alpha value is -1.51. The highest BCUT2D eigenvalue weighted by Crippen LogP contribution is 2.19. The molecule has 0 unspecified atom stereocenters. The lowest BCUT2D eigenvalue weighted by molar-refractivity contribution is 0.413. The van der Waals surface area contributed by atoms with Crippen LogP contribution >= 0.6 is 11.6 Å². The van der Waals surface area contributed by atoms with Gasteiger partial charge in [-0.15, -0.1) is 0 Å². The minimum atomic E-state index is 0.311. The molecule has 21 heavy (non-hydrogen) atoms. The summed E-state index contributed by atoms with van der Waals surface area (Å²) in [5.41, 5.74) is 2.46. The van der Waals surface area contributed by atoms with E-state index in [4.69, 9.17) is 16.3 Å². The van der Waals surface area contributed by atoms with E-state index in [0.717, 1.165) is 30.2 Å². The lowest BCUT2D eigenvalue weighted by atomic mass is 10.1. The van der Waals surface area contributed by atoms with Crippen molar-refractivity contribution < 1.29 is 4.74 Å². The van der Waals surface area contributed by atoms with Gasteiger partial charge in [-0.2, -0.15) is 0 Å². The molecule has 0 heterocycles. The highest BCUT2D eigenvalue weighted by atomic mass is 35.5. The lowest BCUT2D eigenvalue weighted by Crippen LogP contribution is -2.20. The zero-order valence-corrected chi connectivity index (χ0v) is 13.4. The molecule has 0 aliphatic carbocycles. The van der Waals surface area contributed by atoms with Crippen molar-refractivity contribution in [2.75, 3.05) is 13.7 Å². The fourth-order valence-corrected chi connectivity index (χ4v) is 2.56. The molecule has 0 amide bonds. The van der Waals surface area contributed by atoms with Gasteiger partial charge in [-0.3, -0.25) is 0 Å².